The van der Waals surface area contributed by atoms with Gasteiger partial charge in [0, 0.05) is 17.8 Å². The van der Waals surface area contributed by atoms with Crippen molar-refractivity contribution in [2.45, 2.75) is 30.6 Å². The van der Waals surface area contributed by atoms with Crippen molar-refractivity contribution in [3.05, 3.63) is 55.0 Å². The maximum absolute atomic E-state index is 11.5. The van der Waals surface area contributed by atoms with Gasteiger partial charge in [-0.3, -0.25) is 9.88 Å². The number of anilines is 2. The van der Waals surface area contributed by atoms with Gasteiger partial charge in [-0.15, -0.1) is 0 Å². The Morgan fingerprint density at radius 1 is 0.966 bits per heavy atom. The lowest BCUT2D eigenvalue weighted by atomic mass is 9.97. The number of carboxylic acids is 1. The highest BCUT2D eigenvalue weighted by molar-refractivity contribution is 5.81. The number of rotatable bonds is 4. The number of aromatic nitrogens is 3. The third kappa shape index (κ3) is 3.49. The van der Waals surface area contributed by atoms with Crippen molar-refractivity contribution in [1.82, 2.24) is 15.0 Å². The molecule has 150 valence electrons. The first kappa shape index (κ1) is 19.2. The standard InChI is InChI=1S/C19H18N4O6/c24-14-15(25)17(19(27)28)29-18(16(14)26)23(13-9-20-7-8-21-13)12-6-5-10-3-1-2-4-11(10)22-12/h1-9,14-18,24-26H,(H,27,28)/t14-,15-,16+,17-,18+/m0/s1. The molecule has 0 bridgehead atoms. The number of pyridine rings is 1. The molecule has 3 heterocycles. The van der Waals surface area contributed by atoms with E-state index in [1.54, 1.807) is 18.2 Å². The van der Waals surface area contributed by atoms with Crippen LogP contribution in [0.4, 0.5) is 11.6 Å². The first-order valence-corrected chi connectivity index (χ1v) is 8.81. The number of benzene rings is 1. The second-order valence-electron chi connectivity index (χ2n) is 6.55. The minimum atomic E-state index is -1.80. The molecule has 1 fully saturated rings. The van der Waals surface area contributed by atoms with Crippen LogP contribution in [0.2, 0.25) is 0 Å². The monoisotopic (exact) mass is 398 g/mol. The Hall–Kier alpha value is -3.18. The third-order valence-electron chi connectivity index (χ3n) is 4.71. The van der Waals surface area contributed by atoms with E-state index in [2.05, 4.69) is 15.0 Å². The summed E-state index contributed by atoms with van der Waals surface area (Å²) in [7, 11) is 0. The molecule has 0 amide bonds. The van der Waals surface area contributed by atoms with E-state index in [4.69, 9.17) is 4.74 Å². The number of carbonyl (C=O) groups is 1. The molecule has 2 aromatic heterocycles. The van der Waals surface area contributed by atoms with Crippen LogP contribution >= 0.6 is 0 Å². The van der Waals surface area contributed by atoms with Crippen molar-refractivity contribution in [3.63, 3.8) is 0 Å². The number of nitrogens with zero attached hydrogens (tertiary/aromatic N) is 4. The highest BCUT2D eigenvalue weighted by Crippen LogP contribution is 2.32. The zero-order valence-electron chi connectivity index (χ0n) is 15.0. The van der Waals surface area contributed by atoms with Crippen LogP contribution < -0.4 is 4.90 Å². The van der Waals surface area contributed by atoms with Crippen LogP contribution in [-0.4, -0.2) is 72.0 Å². The normalized spacial score (nSPS) is 26.9. The van der Waals surface area contributed by atoms with Gasteiger partial charge in [0.15, 0.2) is 18.1 Å². The van der Waals surface area contributed by atoms with Crippen LogP contribution in [0.5, 0.6) is 0 Å². The molecule has 0 unspecified atom stereocenters. The quantitative estimate of drug-likeness (QED) is 0.475. The zero-order chi connectivity index (χ0) is 20.5. The van der Waals surface area contributed by atoms with Gasteiger partial charge in [-0.2, -0.15) is 0 Å². The van der Waals surface area contributed by atoms with Crippen LogP contribution in [0.15, 0.2) is 55.0 Å². The van der Waals surface area contributed by atoms with E-state index in [1.165, 1.54) is 23.5 Å². The minimum Gasteiger partial charge on any atom is -0.479 e. The Bertz CT molecular complexity index is 1020. The van der Waals surface area contributed by atoms with Gasteiger partial charge in [-0.1, -0.05) is 18.2 Å². The number of ether oxygens (including phenoxy) is 1. The van der Waals surface area contributed by atoms with E-state index in [9.17, 15) is 25.2 Å². The Balaban J connectivity index is 1.83. The smallest absolute Gasteiger partial charge is 0.335 e. The molecule has 1 aliphatic rings. The first-order chi connectivity index (χ1) is 14.0. The van der Waals surface area contributed by atoms with Crippen LogP contribution in [-0.2, 0) is 9.53 Å². The summed E-state index contributed by atoms with van der Waals surface area (Å²) in [6, 6.07) is 10.8. The number of aliphatic carboxylic acids is 1. The average Bonchev–Trinajstić information content (AvgIpc) is 2.74. The summed E-state index contributed by atoms with van der Waals surface area (Å²) in [6.45, 7) is 0. The van der Waals surface area contributed by atoms with Crippen LogP contribution in [0, 0.1) is 0 Å². The van der Waals surface area contributed by atoms with Crippen LogP contribution in [0.1, 0.15) is 0 Å². The highest BCUT2D eigenvalue weighted by atomic mass is 16.6. The number of hydrogen-bond acceptors (Lipinski definition) is 9. The summed E-state index contributed by atoms with van der Waals surface area (Å²) in [5.74, 6) is -0.966. The molecule has 4 rings (SSSR count). The summed E-state index contributed by atoms with van der Waals surface area (Å²) in [5, 5.41) is 41.0. The first-order valence-electron chi connectivity index (χ1n) is 8.81. The molecule has 1 aliphatic heterocycles. The maximum atomic E-state index is 11.5. The minimum absolute atomic E-state index is 0.215. The molecule has 29 heavy (non-hydrogen) atoms. The van der Waals surface area contributed by atoms with Crippen molar-refractivity contribution in [3.8, 4) is 0 Å². The van der Waals surface area contributed by atoms with E-state index in [1.807, 2.05) is 18.2 Å². The maximum Gasteiger partial charge on any atom is 0.335 e. The molecule has 3 aromatic rings. The number of aliphatic hydroxyl groups is 3. The fraction of sp³-hybridized carbons (Fsp3) is 0.263. The number of carboxylic acid groups (broad SMARTS) is 1. The van der Waals surface area contributed by atoms with Gasteiger partial charge in [0.1, 0.15) is 24.1 Å². The lowest BCUT2D eigenvalue weighted by molar-refractivity contribution is -0.225. The molecule has 10 heteroatoms. The van der Waals surface area contributed by atoms with Gasteiger partial charge in [0.25, 0.3) is 0 Å². The van der Waals surface area contributed by atoms with E-state index < -0.39 is 36.6 Å². The van der Waals surface area contributed by atoms with Gasteiger partial charge < -0.3 is 25.2 Å². The fourth-order valence-electron chi connectivity index (χ4n) is 3.26. The zero-order valence-corrected chi connectivity index (χ0v) is 15.0. The largest absolute Gasteiger partial charge is 0.479 e. The van der Waals surface area contributed by atoms with Crippen LogP contribution in [0.3, 0.4) is 0 Å². The van der Waals surface area contributed by atoms with Crippen molar-refractivity contribution in [1.29, 1.82) is 0 Å². The molecule has 1 aromatic carbocycles. The number of hydrogen-bond donors (Lipinski definition) is 4. The van der Waals surface area contributed by atoms with Gasteiger partial charge in [-0.05, 0) is 18.2 Å². The van der Waals surface area contributed by atoms with E-state index in [-0.39, 0.29) is 5.82 Å². The molecule has 0 radical (unpaired) electrons. The van der Waals surface area contributed by atoms with Crippen molar-refractivity contribution in [2.24, 2.45) is 0 Å². The number of aliphatic hydroxyl groups excluding tert-OH is 3. The van der Waals surface area contributed by atoms with E-state index in [0.717, 1.165) is 5.39 Å². The third-order valence-corrected chi connectivity index (χ3v) is 4.71. The second-order valence-corrected chi connectivity index (χ2v) is 6.55. The van der Waals surface area contributed by atoms with Crippen LogP contribution in [0.25, 0.3) is 10.9 Å². The number of para-hydroxylation sites is 1. The molecule has 5 atom stereocenters. The summed E-state index contributed by atoms with van der Waals surface area (Å²) in [4.78, 5) is 25.6. The molecule has 0 aliphatic carbocycles. The number of fused-ring (bicyclic) bond motifs is 1. The Kier molecular flexibility index (Phi) is 5.07. The molecular weight excluding hydrogens is 380 g/mol. The summed E-state index contributed by atoms with van der Waals surface area (Å²) in [6.07, 6.45) is -4.08. The Morgan fingerprint density at radius 2 is 1.76 bits per heavy atom. The SMILES string of the molecule is O=C(O)[C@H]1O[C@@H](N(c2cnccn2)c2ccc3ccccc3n2)[C@H](O)[C@@H](O)[C@@H]1O. The second kappa shape index (κ2) is 7.68. The van der Waals surface area contributed by atoms with Gasteiger partial charge in [0.05, 0.1) is 11.7 Å². The lowest BCUT2D eigenvalue weighted by Crippen LogP contribution is -2.63. The van der Waals surface area contributed by atoms with Gasteiger partial charge in [-0.25, -0.2) is 14.8 Å². The van der Waals surface area contributed by atoms with E-state index >= 15 is 0 Å². The predicted molar refractivity (Wildman–Crippen MR) is 100 cm³/mol. The molecule has 0 saturated carbocycles. The fourth-order valence-corrected chi connectivity index (χ4v) is 3.26. The summed E-state index contributed by atoms with van der Waals surface area (Å²) in [5.41, 5.74) is 0.652. The summed E-state index contributed by atoms with van der Waals surface area (Å²) >= 11 is 0. The van der Waals surface area contributed by atoms with Crippen molar-refractivity contribution >= 4 is 28.5 Å². The lowest BCUT2D eigenvalue weighted by Gasteiger charge is -2.43. The molecule has 0 spiro atoms. The predicted octanol–water partition coefficient (Wildman–Crippen LogP) is 0.0551. The summed E-state index contributed by atoms with van der Waals surface area (Å²) < 4.78 is 5.48. The van der Waals surface area contributed by atoms with Crippen molar-refractivity contribution in [2.75, 3.05) is 4.90 Å². The Morgan fingerprint density at radius 3 is 2.48 bits per heavy atom. The molecular formula is C19H18N4O6. The molecule has 1 saturated heterocycles. The van der Waals surface area contributed by atoms with Gasteiger partial charge in [0.2, 0.25) is 0 Å². The Labute approximate surface area is 164 Å². The average molecular weight is 398 g/mol. The topological polar surface area (TPSA) is 149 Å². The van der Waals surface area contributed by atoms with Crippen molar-refractivity contribution < 1.29 is 30.0 Å². The molecule has 10 nitrogen and oxygen atoms in total. The van der Waals surface area contributed by atoms with Gasteiger partial charge >= 0.3 is 5.97 Å². The molecule has 4 N–H and O–H groups in total. The van der Waals surface area contributed by atoms with E-state index in [0.29, 0.717) is 11.3 Å². The highest BCUT2D eigenvalue weighted by Gasteiger charge is 2.49.